The van der Waals surface area contributed by atoms with Crippen molar-refractivity contribution in [2.75, 3.05) is 19.4 Å². The van der Waals surface area contributed by atoms with E-state index in [9.17, 15) is 18.0 Å². The second-order valence-corrected chi connectivity index (χ2v) is 7.75. The third-order valence-electron chi connectivity index (χ3n) is 3.43. The van der Waals surface area contributed by atoms with Gasteiger partial charge >= 0.3 is 5.97 Å². The summed E-state index contributed by atoms with van der Waals surface area (Å²) in [4.78, 5) is 28.0. The van der Waals surface area contributed by atoms with Crippen molar-refractivity contribution in [1.82, 2.24) is 9.29 Å². The third kappa shape index (κ3) is 4.64. The summed E-state index contributed by atoms with van der Waals surface area (Å²) < 4.78 is 30.5. The van der Waals surface area contributed by atoms with Gasteiger partial charge in [-0.15, -0.1) is 0 Å². The summed E-state index contributed by atoms with van der Waals surface area (Å²) in [6.07, 6.45) is 1.78. The summed E-state index contributed by atoms with van der Waals surface area (Å²) in [5.41, 5.74) is 0.508. The molecule has 9 heteroatoms. The van der Waals surface area contributed by atoms with E-state index in [0.717, 1.165) is 4.31 Å². The molecule has 138 valence electrons. The zero-order chi connectivity index (χ0) is 19.3. The first-order valence-corrected chi connectivity index (χ1v) is 9.10. The third-order valence-corrected chi connectivity index (χ3v) is 5.24. The molecule has 0 radical (unpaired) electrons. The molecule has 0 aliphatic heterocycles. The fourth-order valence-electron chi connectivity index (χ4n) is 1.95. The highest BCUT2D eigenvalue weighted by Crippen LogP contribution is 2.18. The lowest BCUT2D eigenvalue weighted by Crippen LogP contribution is -2.30. The molecular weight excluding hydrogens is 358 g/mol. The summed E-state index contributed by atoms with van der Waals surface area (Å²) in [7, 11) is -0.786. The van der Waals surface area contributed by atoms with Crippen LogP contribution >= 0.6 is 0 Å². The number of aromatic nitrogens is 1. The lowest BCUT2D eigenvalue weighted by Gasteiger charge is -2.15. The van der Waals surface area contributed by atoms with Gasteiger partial charge in [0.1, 0.15) is 0 Å². The molecule has 1 aromatic heterocycles. The quantitative estimate of drug-likeness (QED) is 0.765. The fraction of sp³-hybridized carbons (Fsp3) is 0.235. The average molecular weight is 377 g/mol. The molecule has 0 aliphatic rings. The van der Waals surface area contributed by atoms with Gasteiger partial charge in [-0.1, -0.05) is 6.07 Å². The van der Waals surface area contributed by atoms with Gasteiger partial charge in [-0.25, -0.2) is 17.5 Å². The van der Waals surface area contributed by atoms with E-state index < -0.39 is 28.0 Å². The maximum absolute atomic E-state index is 12.2. The number of hydrogen-bond donors (Lipinski definition) is 1. The van der Waals surface area contributed by atoms with Gasteiger partial charge in [0.05, 0.1) is 10.5 Å². The number of hydrogen-bond acceptors (Lipinski definition) is 6. The van der Waals surface area contributed by atoms with Crippen molar-refractivity contribution in [3.8, 4) is 0 Å². The molecular formula is C17H19N3O5S. The Morgan fingerprint density at radius 2 is 1.92 bits per heavy atom. The minimum absolute atomic E-state index is 0.0420. The number of anilines is 1. The average Bonchev–Trinajstić information content (AvgIpc) is 2.62. The SMILES string of the molecule is CC(OC(=O)c1cccnc1)C(=O)Nc1cccc(S(=O)(=O)N(C)C)c1. The van der Waals surface area contributed by atoms with Crippen molar-refractivity contribution in [3.05, 3.63) is 54.4 Å². The predicted molar refractivity (Wildman–Crippen MR) is 95.1 cm³/mol. The predicted octanol–water partition coefficient (Wildman–Crippen LogP) is 1.52. The van der Waals surface area contributed by atoms with E-state index in [-0.39, 0.29) is 16.1 Å². The fourth-order valence-corrected chi connectivity index (χ4v) is 2.90. The summed E-state index contributed by atoms with van der Waals surface area (Å²) >= 11 is 0. The molecule has 0 bridgehead atoms. The van der Waals surface area contributed by atoms with Crippen LogP contribution in [0.25, 0.3) is 0 Å². The highest BCUT2D eigenvalue weighted by molar-refractivity contribution is 7.89. The molecule has 1 aromatic carbocycles. The van der Waals surface area contributed by atoms with Crippen molar-refractivity contribution in [3.63, 3.8) is 0 Å². The first-order chi connectivity index (χ1) is 12.2. The summed E-state index contributed by atoms with van der Waals surface area (Å²) in [6.45, 7) is 1.42. The van der Waals surface area contributed by atoms with Crippen LogP contribution in [-0.4, -0.2) is 49.8 Å². The Labute approximate surface area is 151 Å². The smallest absolute Gasteiger partial charge is 0.340 e. The number of carbonyl (C=O) groups is 2. The zero-order valence-corrected chi connectivity index (χ0v) is 15.4. The van der Waals surface area contributed by atoms with Crippen molar-refractivity contribution in [2.24, 2.45) is 0 Å². The van der Waals surface area contributed by atoms with Crippen LogP contribution in [0, 0.1) is 0 Å². The number of sulfonamides is 1. The molecule has 0 fully saturated rings. The monoisotopic (exact) mass is 377 g/mol. The molecule has 0 aliphatic carbocycles. The van der Waals surface area contributed by atoms with Crippen LogP contribution < -0.4 is 5.32 Å². The molecule has 1 amide bonds. The largest absolute Gasteiger partial charge is 0.449 e. The van der Waals surface area contributed by atoms with Crippen LogP contribution in [0.5, 0.6) is 0 Å². The minimum atomic E-state index is -3.62. The highest BCUT2D eigenvalue weighted by atomic mass is 32.2. The minimum Gasteiger partial charge on any atom is -0.449 e. The molecule has 1 atom stereocenters. The number of pyridine rings is 1. The van der Waals surface area contributed by atoms with Gasteiger partial charge in [0.25, 0.3) is 5.91 Å². The van der Waals surface area contributed by atoms with Crippen LogP contribution in [0.4, 0.5) is 5.69 Å². The van der Waals surface area contributed by atoms with Gasteiger partial charge in [-0.05, 0) is 37.3 Å². The number of nitrogens with zero attached hydrogens (tertiary/aromatic N) is 2. The Bertz CT molecular complexity index is 898. The standard InChI is InChI=1S/C17H19N3O5S/c1-12(25-17(22)13-6-5-9-18-11-13)16(21)19-14-7-4-8-15(10-14)26(23,24)20(2)3/h4-12H,1-3H3,(H,19,21). The lowest BCUT2D eigenvalue weighted by atomic mass is 10.2. The van der Waals surface area contributed by atoms with Crippen LogP contribution in [0.2, 0.25) is 0 Å². The number of nitrogens with one attached hydrogen (secondary N) is 1. The number of rotatable bonds is 6. The lowest BCUT2D eigenvalue weighted by molar-refractivity contribution is -0.123. The van der Waals surface area contributed by atoms with Crippen molar-refractivity contribution >= 4 is 27.6 Å². The Balaban J connectivity index is 2.06. The molecule has 2 rings (SSSR count). The molecule has 1 heterocycles. The van der Waals surface area contributed by atoms with E-state index in [1.54, 1.807) is 12.1 Å². The van der Waals surface area contributed by atoms with E-state index in [2.05, 4.69) is 10.3 Å². The summed E-state index contributed by atoms with van der Waals surface area (Å²) in [5.74, 6) is -1.26. The first kappa shape index (κ1) is 19.5. The summed E-state index contributed by atoms with van der Waals surface area (Å²) in [5, 5.41) is 2.54. The van der Waals surface area contributed by atoms with Gasteiger partial charge in [0.2, 0.25) is 10.0 Å². The Morgan fingerprint density at radius 3 is 2.54 bits per heavy atom. The molecule has 0 saturated carbocycles. The van der Waals surface area contributed by atoms with E-state index in [4.69, 9.17) is 4.74 Å². The Kier molecular flexibility index (Phi) is 6.06. The van der Waals surface area contributed by atoms with Gasteiger partial charge < -0.3 is 10.1 Å². The van der Waals surface area contributed by atoms with Crippen LogP contribution in [0.1, 0.15) is 17.3 Å². The van der Waals surface area contributed by atoms with Crippen molar-refractivity contribution in [1.29, 1.82) is 0 Å². The first-order valence-electron chi connectivity index (χ1n) is 7.66. The van der Waals surface area contributed by atoms with E-state index in [1.165, 1.54) is 57.7 Å². The number of benzene rings is 1. The Morgan fingerprint density at radius 1 is 1.19 bits per heavy atom. The van der Waals surface area contributed by atoms with Crippen LogP contribution in [0.3, 0.4) is 0 Å². The second kappa shape index (κ2) is 8.07. The number of ether oxygens (including phenoxy) is 1. The van der Waals surface area contributed by atoms with Gasteiger partial charge in [0.15, 0.2) is 6.10 Å². The molecule has 0 spiro atoms. The van der Waals surface area contributed by atoms with Crippen LogP contribution in [0.15, 0.2) is 53.7 Å². The van der Waals surface area contributed by atoms with Gasteiger partial charge in [-0.3, -0.25) is 9.78 Å². The maximum atomic E-state index is 12.2. The molecule has 2 aromatic rings. The maximum Gasteiger partial charge on any atom is 0.340 e. The second-order valence-electron chi connectivity index (χ2n) is 5.59. The molecule has 26 heavy (non-hydrogen) atoms. The Hall–Kier alpha value is -2.78. The van der Waals surface area contributed by atoms with Gasteiger partial charge in [-0.2, -0.15) is 0 Å². The number of carbonyl (C=O) groups excluding carboxylic acids is 2. The highest BCUT2D eigenvalue weighted by Gasteiger charge is 2.21. The zero-order valence-electron chi connectivity index (χ0n) is 14.5. The van der Waals surface area contributed by atoms with E-state index >= 15 is 0 Å². The van der Waals surface area contributed by atoms with Gasteiger partial charge in [0, 0.05) is 32.2 Å². The molecule has 1 unspecified atom stereocenters. The number of esters is 1. The summed E-state index contributed by atoms with van der Waals surface area (Å²) in [6, 6.07) is 8.92. The van der Waals surface area contributed by atoms with Crippen molar-refractivity contribution in [2.45, 2.75) is 17.9 Å². The molecule has 0 saturated heterocycles. The normalized spacial score (nSPS) is 12.5. The van der Waals surface area contributed by atoms with E-state index in [1.807, 2.05) is 0 Å². The molecule has 1 N–H and O–H groups in total. The van der Waals surface area contributed by atoms with Crippen LogP contribution in [-0.2, 0) is 19.6 Å². The number of amides is 1. The van der Waals surface area contributed by atoms with Crippen molar-refractivity contribution < 1.29 is 22.7 Å². The molecule has 8 nitrogen and oxygen atoms in total. The topological polar surface area (TPSA) is 106 Å². The van der Waals surface area contributed by atoms with E-state index in [0.29, 0.717) is 0 Å².